The standard InChI is InChI=1S/C45H38N4O6S2/c1-28-18-20-30(21-19-28)36-27-56-45(35(36)26-46)49-44(52)41(31-12-7-5-8-13-31)57-34-17-11-16-33(25-34)47-43(51)37(48-42(50)32-14-9-6-10-15-32)22-29-23-38(53-2)40(55-4)39(24-29)54-3/h5-25,27,41H,1-4H3,(H,47,51)(H,48,50)(H,49,52)/b37-22+. The third-order valence-electron chi connectivity index (χ3n) is 8.72. The van der Waals surface area contributed by atoms with Crippen molar-refractivity contribution in [3.8, 4) is 34.4 Å². The number of ether oxygens (including phenoxy) is 3. The quantitative estimate of drug-likeness (QED) is 0.0733. The maximum atomic E-state index is 14.1. The van der Waals surface area contributed by atoms with Crippen molar-refractivity contribution in [2.45, 2.75) is 17.1 Å². The lowest BCUT2D eigenvalue weighted by Gasteiger charge is -2.18. The average molecular weight is 795 g/mol. The van der Waals surface area contributed by atoms with Crippen LogP contribution in [0.25, 0.3) is 17.2 Å². The molecule has 57 heavy (non-hydrogen) atoms. The third kappa shape index (κ3) is 9.71. The van der Waals surface area contributed by atoms with E-state index in [0.29, 0.717) is 49.5 Å². The Morgan fingerprint density at radius 3 is 2.09 bits per heavy atom. The fraction of sp³-hybridized carbons (Fsp3) is 0.111. The molecule has 0 aliphatic carbocycles. The normalized spacial score (nSPS) is 11.5. The Kier molecular flexibility index (Phi) is 13.1. The van der Waals surface area contributed by atoms with E-state index in [9.17, 15) is 19.6 Å². The van der Waals surface area contributed by atoms with Crippen LogP contribution >= 0.6 is 23.1 Å². The van der Waals surface area contributed by atoms with Gasteiger partial charge in [0.05, 0.1) is 26.9 Å². The van der Waals surface area contributed by atoms with Gasteiger partial charge in [-0.3, -0.25) is 14.4 Å². The van der Waals surface area contributed by atoms with Crippen molar-refractivity contribution in [2.75, 3.05) is 32.0 Å². The summed E-state index contributed by atoms with van der Waals surface area (Å²) in [5, 5.41) is 20.4. The van der Waals surface area contributed by atoms with Crippen LogP contribution in [-0.4, -0.2) is 39.1 Å². The van der Waals surface area contributed by atoms with Crippen molar-refractivity contribution in [3.05, 3.63) is 160 Å². The molecule has 0 fully saturated rings. The molecule has 0 spiro atoms. The highest BCUT2D eigenvalue weighted by Gasteiger charge is 2.25. The molecule has 1 heterocycles. The smallest absolute Gasteiger partial charge is 0.272 e. The lowest BCUT2D eigenvalue weighted by molar-refractivity contribution is -0.116. The Hall–Kier alpha value is -6.81. The predicted octanol–water partition coefficient (Wildman–Crippen LogP) is 9.50. The Labute approximate surface area is 339 Å². The highest BCUT2D eigenvalue weighted by atomic mass is 32.2. The van der Waals surface area contributed by atoms with Crippen LogP contribution in [0.1, 0.15) is 37.9 Å². The van der Waals surface area contributed by atoms with Gasteiger partial charge in [-0.25, -0.2) is 0 Å². The fourth-order valence-corrected chi connectivity index (χ4v) is 7.87. The van der Waals surface area contributed by atoms with E-state index in [-0.39, 0.29) is 11.6 Å². The number of nitrogens with zero attached hydrogens (tertiary/aromatic N) is 1. The first-order valence-corrected chi connectivity index (χ1v) is 19.4. The lowest BCUT2D eigenvalue weighted by atomic mass is 10.0. The van der Waals surface area contributed by atoms with E-state index in [0.717, 1.165) is 22.3 Å². The van der Waals surface area contributed by atoms with Gasteiger partial charge in [0.2, 0.25) is 11.7 Å². The number of methoxy groups -OCH3 is 3. The first-order valence-electron chi connectivity index (χ1n) is 17.6. The zero-order valence-corrected chi connectivity index (χ0v) is 33.1. The fourth-order valence-electron chi connectivity index (χ4n) is 5.86. The van der Waals surface area contributed by atoms with E-state index < -0.39 is 17.1 Å². The minimum absolute atomic E-state index is 0.0491. The van der Waals surface area contributed by atoms with Crippen LogP contribution in [0.2, 0.25) is 0 Å². The molecule has 0 aliphatic heterocycles. The molecule has 12 heteroatoms. The van der Waals surface area contributed by atoms with Gasteiger partial charge >= 0.3 is 0 Å². The number of nitriles is 1. The van der Waals surface area contributed by atoms with Gasteiger partial charge in [-0.15, -0.1) is 23.1 Å². The summed E-state index contributed by atoms with van der Waals surface area (Å²) in [4.78, 5) is 42.1. The predicted molar refractivity (Wildman–Crippen MR) is 226 cm³/mol. The molecular weight excluding hydrogens is 757 g/mol. The van der Waals surface area contributed by atoms with Gasteiger partial charge in [0.25, 0.3) is 11.8 Å². The van der Waals surface area contributed by atoms with Gasteiger partial charge < -0.3 is 30.2 Å². The van der Waals surface area contributed by atoms with Gasteiger partial charge in [-0.05, 0) is 72.2 Å². The number of nitrogens with one attached hydrogen (secondary N) is 3. The highest BCUT2D eigenvalue weighted by Crippen LogP contribution is 2.41. The molecule has 6 rings (SSSR count). The highest BCUT2D eigenvalue weighted by molar-refractivity contribution is 8.00. The minimum Gasteiger partial charge on any atom is -0.493 e. The number of carbonyl (C=O) groups is 3. The second-order valence-corrected chi connectivity index (χ2v) is 14.6. The molecular formula is C45H38N4O6S2. The summed E-state index contributed by atoms with van der Waals surface area (Å²) in [5.41, 5.74) is 5.14. The number of thiophene rings is 1. The molecule has 286 valence electrons. The van der Waals surface area contributed by atoms with E-state index in [2.05, 4.69) is 22.0 Å². The van der Waals surface area contributed by atoms with Crippen molar-refractivity contribution in [1.82, 2.24) is 5.32 Å². The van der Waals surface area contributed by atoms with Gasteiger partial charge in [-0.2, -0.15) is 5.26 Å². The molecule has 3 N–H and O–H groups in total. The van der Waals surface area contributed by atoms with Crippen molar-refractivity contribution >= 4 is 57.6 Å². The number of anilines is 2. The molecule has 1 aromatic heterocycles. The van der Waals surface area contributed by atoms with E-state index in [4.69, 9.17) is 14.2 Å². The zero-order valence-electron chi connectivity index (χ0n) is 31.5. The van der Waals surface area contributed by atoms with Crippen LogP contribution in [0.15, 0.2) is 137 Å². The summed E-state index contributed by atoms with van der Waals surface area (Å²) >= 11 is 2.59. The molecule has 1 atom stereocenters. The summed E-state index contributed by atoms with van der Waals surface area (Å²) < 4.78 is 16.5. The Balaban J connectivity index is 1.27. The minimum atomic E-state index is -0.714. The number of thioether (sulfide) groups is 1. The van der Waals surface area contributed by atoms with E-state index in [1.165, 1.54) is 50.5 Å². The first kappa shape index (κ1) is 39.9. The summed E-state index contributed by atoms with van der Waals surface area (Å²) in [7, 11) is 4.47. The Morgan fingerprint density at radius 2 is 1.46 bits per heavy atom. The lowest BCUT2D eigenvalue weighted by Crippen LogP contribution is -2.30. The Morgan fingerprint density at radius 1 is 0.789 bits per heavy atom. The first-order chi connectivity index (χ1) is 27.7. The molecule has 0 saturated heterocycles. The molecule has 10 nitrogen and oxygen atoms in total. The molecule has 0 saturated carbocycles. The number of hydrogen-bond donors (Lipinski definition) is 3. The van der Waals surface area contributed by atoms with Crippen molar-refractivity contribution in [3.63, 3.8) is 0 Å². The largest absolute Gasteiger partial charge is 0.493 e. The average Bonchev–Trinajstić information content (AvgIpc) is 3.65. The maximum Gasteiger partial charge on any atom is 0.272 e. The summed E-state index contributed by atoms with van der Waals surface area (Å²) in [6, 6.07) is 38.5. The monoisotopic (exact) mass is 794 g/mol. The number of benzene rings is 5. The number of aryl methyl sites for hydroxylation is 1. The number of amides is 3. The van der Waals surface area contributed by atoms with Crippen molar-refractivity contribution in [2.24, 2.45) is 0 Å². The van der Waals surface area contributed by atoms with Gasteiger partial charge in [0.1, 0.15) is 22.0 Å². The van der Waals surface area contributed by atoms with Crippen molar-refractivity contribution < 1.29 is 28.6 Å². The molecule has 0 aliphatic rings. The summed E-state index contributed by atoms with van der Waals surface area (Å²) in [6.45, 7) is 2.00. The second kappa shape index (κ2) is 18.7. The summed E-state index contributed by atoms with van der Waals surface area (Å²) in [6.07, 6.45) is 1.51. The van der Waals surface area contributed by atoms with Crippen LogP contribution in [0.4, 0.5) is 10.7 Å². The van der Waals surface area contributed by atoms with Crippen LogP contribution in [-0.2, 0) is 9.59 Å². The molecule has 1 unspecified atom stereocenters. The van der Waals surface area contributed by atoms with E-state index in [1.807, 2.05) is 73.0 Å². The molecule has 0 bridgehead atoms. The number of rotatable bonds is 14. The van der Waals surface area contributed by atoms with E-state index in [1.54, 1.807) is 60.7 Å². The topological polar surface area (TPSA) is 139 Å². The van der Waals surface area contributed by atoms with Crippen LogP contribution < -0.4 is 30.2 Å². The summed E-state index contributed by atoms with van der Waals surface area (Å²) in [5.74, 6) is -0.280. The zero-order chi connectivity index (χ0) is 40.3. The van der Waals surface area contributed by atoms with Gasteiger partial charge in [0, 0.05) is 27.1 Å². The van der Waals surface area contributed by atoms with Gasteiger partial charge in [0.15, 0.2) is 11.5 Å². The Bertz CT molecular complexity index is 2440. The molecule has 6 aromatic rings. The van der Waals surface area contributed by atoms with Crippen molar-refractivity contribution in [1.29, 1.82) is 5.26 Å². The maximum absolute atomic E-state index is 14.1. The van der Waals surface area contributed by atoms with E-state index >= 15 is 0 Å². The second-order valence-electron chi connectivity index (χ2n) is 12.5. The van der Waals surface area contributed by atoms with Crippen LogP contribution in [0.5, 0.6) is 17.2 Å². The number of carbonyl (C=O) groups excluding carboxylic acids is 3. The van der Waals surface area contributed by atoms with Crippen LogP contribution in [0, 0.1) is 18.3 Å². The van der Waals surface area contributed by atoms with Gasteiger partial charge in [-0.1, -0.05) is 84.4 Å². The molecule has 0 radical (unpaired) electrons. The number of hydrogen-bond acceptors (Lipinski definition) is 9. The molecule has 5 aromatic carbocycles. The van der Waals surface area contributed by atoms with Crippen LogP contribution in [0.3, 0.4) is 0 Å². The third-order valence-corrected chi connectivity index (χ3v) is 10.9. The SMILES string of the molecule is COc1cc(/C=C(/NC(=O)c2ccccc2)C(=O)Nc2cccc(SC(C(=O)Nc3scc(-c4ccc(C)cc4)c3C#N)c3ccccc3)c2)cc(OC)c1OC. The molecule has 3 amide bonds.